The van der Waals surface area contributed by atoms with Crippen LogP contribution in [0.5, 0.6) is 0 Å². The summed E-state index contributed by atoms with van der Waals surface area (Å²) in [6.07, 6.45) is 16.5. The zero-order valence-corrected chi connectivity index (χ0v) is 22.3. The number of fused-ring (bicyclic) bond motifs is 2. The van der Waals surface area contributed by atoms with Gasteiger partial charge in [0.1, 0.15) is 0 Å². The zero-order valence-electron chi connectivity index (χ0n) is 22.3. The first-order valence-corrected chi connectivity index (χ1v) is 13.1. The second-order valence-corrected chi connectivity index (χ2v) is 9.99. The molecule has 0 bridgehead atoms. The van der Waals surface area contributed by atoms with Crippen LogP contribution in [0.4, 0.5) is 0 Å². The third-order valence-corrected chi connectivity index (χ3v) is 7.50. The van der Waals surface area contributed by atoms with E-state index >= 15 is 0 Å². The number of amides is 2. The van der Waals surface area contributed by atoms with Gasteiger partial charge in [0.25, 0.3) is 5.91 Å². The summed E-state index contributed by atoms with van der Waals surface area (Å²) in [5.41, 5.74) is 7.76. The van der Waals surface area contributed by atoms with Crippen molar-refractivity contribution in [2.45, 2.75) is 51.9 Å². The molecule has 1 saturated carbocycles. The van der Waals surface area contributed by atoms with Crippen molar-refractivity contribution < 1.29 is 9.59 Å². The Balaban J connectivity index is 1.59. The van der Waals surface area contributed by atoms with Crippen molar-refractivity contribution >= 4 is 23.6 Å². The van der Waals surface area contributed by atoms with E-state index in [9.17, 15) is 9.59 Å². The molecule has 0 atom stereocenters. The van der Waals surface area contributed by atoms with Crippen LogP contribution in [-0.2, 0) is 10.2 Å². The molecule has 0 radical (unpaired) electrons. The first-order chi connectivity index (χ1) is 17.8. The Labute approximate surface area is 220 Å². The highest BCUT2D eigenvalue weighted by Gasteiger charge is 2.47. The molecule has 2 aliphatic carbocycles. The molecule has 1 heterocycles. The van der Waals surface area contributed by atoms with Gasteiger partial charge in [-0.2, -0.15) is 0 Å². The van der Waals surface area contributed by atoms with E-state index in [1.807, 2.05) is 44.3 Å². The SMILES string of the molecule is C=C(N=C/C(=C\C)C(=C)/C=C(\C=C/C)CC)C1=CCC2(CC2)c2ccc(C(=O)N3CCNC(=O)C3)cc21. The van der Waals surface area contributed by atoms with Gasteiger partial charge in [-0.25, -0.2) is 0 Å². The molecule has 1 aliphatic heterocycles. The van der Waals surface area contributed by atoms with Crippen LogP contribution in [0.3, 0.4) is 0 Å². The average molecular weight is 496 g/mol. The first kappa shape index (κ1) is 26.3. The molecule has 0 aromatic heterocycles. The lowest BCUT2D eigenvalue weighted by molar-refractivity contribution is -0.123. The molecule has 1 aromatic rings. The van der Waals surface area contributed by atoms with Crippen LogP contribution in [0, 0.1) is 0 Å². The Hall–Kier alpha value is -3.73. The third kappa shape index (κ3) is 5.66. The molecule has 0 unspecified atom stereocenters. The van der Waals surface area contributed by atoms with Crippen molar-refractivity contribution in [2.75, 3.05) is 19.6 Å². The summed E-state index contributed by atoms with van der Waals surface area (Å²) in [7, 11) is 0. The predicted octanol–water partition coefficient (Wildman–Crippen LogP) is 6.08. The molecule has 1 aromatic carbocycles. The van der Waals surface area contributed by atoms with Crippen molar-refractivity contribution in [3.8, 4) is 0 Å². The minimum atomic E-state index is -0.120. The van der Waals surface area contributed by atoms with Crippen LogP contribution in [0.1, 0.15) is 67.9 Å². The molecule has 2 fully saturated rings. The molecular formula is C32H37N3O2. The molecule has 1 spiro atoms. The molecule has 5 nitrogen and oxygen atoms in total. The summed E-state index contributed by atoms with van der Waals surface area (Å²) in [6.45, 7) is 15.8. The number of nitrogens with zero attached hydrogens (tertiary/aromatic N) is 2. The fourth-order valence-corrected chi connectivity index (χ4v) is 5.12. The maximum Gasteiger partial charge on any atom is 0.254 e. The van der Waals surface area contributed by atoms with Crippen LogP contribution in [0.15, 0.2) is 89.1 Å². The summed E-state index contributed by atoms with van der Waals surface area (Å²) in [4.78, 5) is 31.4. The van der Waals surface area contributed by atoms with E-state index in [1.54, 1.807) is 4.90 Å². The molecular weight excluding hydrogens is 458 g/mol. The number of allylic oxidation sites excluding steroid dienone is 9. The van der Waals surface area contributed by atoms with E-state index in [4.69, 9.17) is 4.99 Å². The number of rotatable bonds is 8. The Morgan fingerprint density at radius 2 is 2.03 bits per heavy atom. The Kier molecular flexibility index (Phi) is 7.91. The van der Waals surface area contributed by atoms with Crippen LogP contribution in [0.25, 0.3) is 5.57 Å². The molecule has 4 rings (SSSR count). The normalized spacial score (nSPS) is 19.2. The predicted molar refractivity (Wildman–Crippen MR) is 153 cm³/mol. The number of carbonyl (C=O) groups excluding carboxylic acids is 2. The number of hydrogen-bond acceptors (Lipinski definition) is 3. The maximum absolute atomic E-state index is 13.2. The van der Waals surface area contributed by atoms with Crippen LogP contribution in [0.2, 0.25) is 0 Å². The van der Waals surface area contributed by atoms with E-state index in [2.05, 4.69) is 49.7 Å². The number of nitrogens with one attached hydrogen (secondary N) is 1. The smallest absolute Gasteiger partial charge is 0.254 e. The molecule has 37 heavy (non-hydrogen) atoms. The summed E-state index contributed by atoms with van der Waals surface area (Å²) in [5, 5.41) is 2.78. The van der Waals surface area contributed by atoms with Crippen molar-refractivity contribution in [2.24, 2.45) is 4.99 Å². The van der Waals surface area contributed by atoms with E-state index in [0.29, 0.717) is 24.4 Å². The standard InChI is InChI=1S/C32H37N3O2/c1-6-9-24(7-2)18-22(4)25(8-3)20-34-23(5)27-12-13-32(14-15-32)29-11-10-26(19-28(27)29)31(37)35-17-16-33-30(36)21-35/h6,8-12,18-20H,4-5,7,13-17,21H2,1-3H3,(H,33,36)/b9-6-,24-18-,25-8+,34-20?. The number of carbonyl (C=O) groups is 2. The number of benzene rings is 1. The highest BCUT2D eigenvalue weighted by Crippen LogP contribution is 2.56. The first-order valence-electron chi connectivity index (χ1n) is 13.1. The van der Waals surface area contributed by atoms with E-state index in [0.717, 1.165) is 48.0 Å². The molecule has 3 aliphatic rings. The Bertz CT molecular complexity index is 1280. The molecule has 1 saturated heterocycles. The summed E-state index contributed by atoms with van der Waals surface area (Å²) in [5.74, 6) is -0.237. The fourth-order valence-electron chi connectivity index (χ4n) is 5.12. The minimum absolute atomic E-state index is 0.0950. The lowest BCUT2D eigenvalue weighted by Crippen LogP contribution is -2.50. The second-order valence-electron chi connectivity index (χ2n) is 9.99. The van der Waals surface area contributed by atoms with Crippen molar-refractivity contribution in [3.05, 3.63) is 101 Å². The molecule has 1 N–H and O–H groups in total. The van der Waals surface area contributed by atoms with Gasteiger partial charge < -0.3 is 10.2 Å². The van der Waals surface area contributed by atoms with Gasteiger partial charge in [0.15, 0.2) is 0 Å². The highest BCUT2D eigenvalue weighted by molar-refractivity contribution is 5.99. The number of piperazine rings is 1. The van der Waals surface area contributed by atoms with Gasteiger partial charge in [0, 0.05) is 30.4 Å². The molecule has 5 heteroatoms. The fraction of sp³-hybridized carbons (Fsp3) is 0.344. The lowest BCUT2D eigenvalue weighted by Gasteiger charge is -2.29. The van der Waals surface area contributed by atoms with Crippen LogP contribution in [-0.4, -0.2) is 42.6 Å². The van der Waals surface area contributed by atoms with Crippen LogP contribution >= 0.6 is 0 Å². The van der Waals surface area contributed by atoms with Gasteiger partial charge in [0.2, 0.25) is 5.91 Å². The largest absolute Gasteiger partial charge is 0.353 e. The van der Waals surface area contributed by atoms with E-state index in [-0.39, 0.29) is 23.8 Å². The number of aliphatic imine (C=N–C) groups is 1. The van der Waals surface area contributed by atoms with Gasteiger partial charge in [-0.05, 0) is 84.9 Å². The van der Waals surface area contributed by atoms with E-state index < -0.39 is 0 Å². The summed E-state index contributed by atoms with van der Waals surface area (Å²) < 4.78 is 0. The third-order valence-electron chi connectivity index (χ3n) is 7.50. The van der Waals surface area contributed by atoms with Crippen molar-refractivity contribution in [1.29, 1.82) is 0 Å². The van der Waals surface area contributed by atoms with E-state index in [1.165, 1.54) is 11.1 Å². The Morgan fingerprint density at radius 3 is 2.68 bits per heavy atom. The topological polar surface area (TPSA) is 61.8 Å². The van der Waals surface area contributed by atoms with Gasteiger partial charge in [-0.15, -0.1) is 0 Å². The average Bonchev–Trinajstić information content (AvgIpc) is 3.68. The molecule has 2 amide bonds. The van der Waals surface area contributed by atoms with Crippen LogP contribution < -0.4 is 5.32 Å². The summed E-state index contributed by atoms with van der Waals surface area (Å²) in [6, 6.07) is 5.98. The van der Waals surface area contributed by atoms with Gasteiger partial charge in [-0.3, -0.25) is 14.6 Å². The lowest BCUT2D eigenvalue weighted by atomic mass is 9.79. The minimum Gasteiger partial charge on any atom is -0.353 e. The Morgan fingerprint density at radius 1 is 1.24 bits per heavy atom. The van der Waals surface area contributed by atoms with Gasteiger partial charge >= 0.3 is 0 Å². The van der Waals surface area contributed by atoms with Crippen molar-refractivity contribution in [3.63, 3.8) is 0 Å². The van der Waals surface area contributed by atoms with Crippen molar-refractivity contribution in [1.82, 2.24) is 10.2 Å². The summed E-state index contributed by atoms with van der Waals surface area (Å²) >= 11 is 0. The highest BCUT2D eigenvalue weighted by atomic mass is 16.2. The molecule has 192 valence electrons. The zero-order chi connectivity index (χ0) is 26.6. The van der Waals surface area contributed by atoms with Gasteiger partial charge in [-0.1, -0.05) is 56.5 Å². The number of hydrogen-bond donors (Lipinski definition) is 1. The monoisotopic (exact) mass is 495 g/mol. The quantitative estimate of drug-likeness (QED) is 0.351. The van der Waals surface area contributed by atoms with Gasteiger partial charge in [0.05, 0.1) is 12.2 Å². The maximum atomic E-state index is 13.2. The second kappa shape index (κ2) is 11.1.